The average Bonchev–Trinajstić information content (AvgIpc) is 2.72. The number of hydrogen-bond acceptors (Lipinski definition) is 10. The van der Waals surface area contributed by atoms with E-state index in [1.807, 2.05) is 6.21 Å². The molecular weight excluding hydrogens is 368 g/mol. The normalized spacial score (nSPS) is 12.1. The maximum atomic E-state index is 5.74. The van der Waals surface area contributed by atoms with Gasteiger partial charge in [0.2, 0.25) is 0 Å². The molecule has 11 N–H and O–H groups in total. The summed E-state index contributed by atoms with van der Waals surface area (Å²) < 4.78 is 0. The zero-order valence-corrected chi connectivity index (χ0v) is 18.5. The second kappa shape index (κ2) is 23.6. The van der Waals surface area contributed by atoms with Crippen LogP contribution in [0.5, 0.6) is 0 Å². The first-order valence-corrected chi connectivity index (χ1v) is 11.1. The topological polar surface area (TPSA) is 159 Å². The van der Waals surface area contributed by atoms with E-state index in [1.54, 1.807) is 0 Å². The molecule has 0 spiro atoms. The van der Waals surface area contributed by atoms with E-state index in [9.17, 15) is 0 Å². The predicted octanol–water partition coefficient (Wildman–Crippen LogP) is -3.35. The van der Waals surface area contributed by atoms with Crippen molar-refractivity contribution >= 4 is 6.21 Å². The van der Waals surface area contributed by atoms with Crippen molar-refractivity contribution in [3.05, 3.63) is 0 Å². The molecule has 10 heteroatoms. The van der Waals surface area contributed by atoms with Gasteiger partial charge in [-0.05, 0) is 12.6 Å². The molecule has 0 aromatic rings. The molecular formula is C19H48N10. The van der Waals surface area contributed by atoms with E-state index in [2.05, 4.69) is 30.7 Å². The minimum Gasteiger partial charge on any atom is -0.329 e. The van der Waals surface area contributed by atoms with Gasteiger partial charge in [-0.25, -0.2) is 0 Å². The van der Waals surface area contributed by atoms with Crippen molar-refractivity contribution in [2.75, 3.05) is 111 Å². The third kappa shape index (κ3) is 20.4. The molecule has 10 nitrogen and oxygen atoms in total. The Hall–Kier alpha value is -0.690. The highest BCUT2D eigenvalue weighted by Crippen LogP contribution is 1.88. The van der Waals surface area contributed by atoms with Gasteiger partial charge in [0, 0.05) is 105 Å². The van der Waals surface area contributed by atoms with E-state index < -0.39 is 0 Å². The van der Waals surface area contributed by atoms with Gasteiger partial charge in [-0.15, -0.1) is 0 Å². The van der Waals surface area contributed by atoms with E-state index in [1.165, 1.54) is 0 Å². The van der Waals surface area contributed by atoms with E-state index in [0.29, 0.717) is 26.2 Å². The number of hydrogen-bond donors (Lipinski definition) is 7. The molecule has 0 aliphatic carbocycles. The van der Waals surface area contributed by atoms with E-state index in [0.717, 1.165) is 91.5 Å². The quantitative estimate of drug-likeness (QED) is 0.0667. The lowest BCUT2D eigenvalue weighted by atomic mass is 10.4. The summed E-state index contributed by atoms with van der Waals surface area (Å²) in [5.41, 5.74) is 22.4. The Morgan fingerprint density at radius 2 is 1.07 bits per heavy atom. The molecule has 174 valence electrons. The van der Waals surface area contributed by atoms with E-state index in [-0.39, 0.29) is 0 Å². The first kappa shape index (κ1) is 28.3. The standard InChI is InChI=1S/C19H48N10/c20-2-8-26-10-9-24-6-1-7-25-11-18-29(16-5-23)19-13-27-12-17-28(14-3-21)15-4-22/h7,24,26-27H,1-6,8-23H2. The minimum absolute atomic E-state index is 0.673. The van der Waals surface area contributed by atoms with Gasteiger partial charge in [-0.2, -0.15) is 0 Å². The van der Waals surface area contributed by atoms with Gasteiger partial charge in [0.15, 0.2) is 0 Å². The van der Waals surface area contributed by atoms with Gasteiger partial charge < -0.3 is 38.9 Å². The first-order chi connectivity index (χ1) is 14.3. The molecule has 0 amide bonds. The molecule has 0 aromatic heterocycles. The van der Waals surface area contributed by atoms with Crippen molar-refractivity contribution in [3.8, 4) is 0 Å². The Morgan fingerprint density at radius 3 is 1.62 bits per heavy atom. The van der Waals surface area contributed by atoms with Crippen LogP contribution in [-0.2, 0) is 0 Å². The van der Waals surface area contributed by atoms with Gasteiger partial charge in [-0.3, -0.25) is 14.8 Å². The zero-order chi connectivity index (χ0) is 21.4. The van der Waals surface area contributed by atoms with Crippen LogP contribution in [0.1, 0.15) is 6.42 Å². The Bertz CT molecular complexity index is 337. The summed E-state index contributed by atoms with van der Waals surface area (Å²) in [6.45, 7) is 14.8. The van der Waals surface area contributed by atoms with Crippen LogP contribution in [0.4, 0.5) is 0 Å². The maximum absolute atomic E-state index is 5.74. The molecule has 0 heterocycles. The third-order valence-corrected chi connectivity index (χ3v) is 4.47. The molecule has 0 radical (unpaired) electrons. The molecule has 29 heavy (non-hydrogen) atoms. The monoisotopic (exact) mass is 416 g/mol. The molecule has 0 saturated heterocycles. The van der Waals surface area contributed by atoms with Crippen LogP contribution in [0.3, 0.4) is 0 Å². The van der Waals surface area contributed by atoms with Crippen LogP contribution in [0.15, 0.2) is 4.99 Å². The van der Waals surface area contributed by atoms with Crippen LogP contribution in [0, 0.1) is 0 Å². The largest absolute Gasteiger partial charge is 0.329 e. The zero-order valence-electron chi connectivity index (χ0n) is 18.5. The molecule has 0 unspecified atom stereocenters. The van der Waals surface area contributed by atoms with Crippen molar-refractivity contribution in [1.82, 2.24) is 25.8 Å². The minimum atomic E-state index is 0.673. The number of nitrogens with two attached hydrogens (primary N) is 4. The van der Waals surface area contributed by atoms with Gasteiger partial charge in [0.05, 0.1) is 6.54 Å². The smallest absolute Gasteiger partial charge is 0.0512 e. The third-order valence-electron chi connectivity index (χ3n) is 4.47. The molecule has 0 aliphatic heterocycles. The summed E-state index contributed by atoms with van der Waals surface area (Å²) in [5.74, 6) is 0. The first-order valence-electron chi connectivity index (χ1n) is 11.1. The Balaban J connectivity index is 3.70. The summed E-state index contributed by atoms with van der Waals surface area (Å²) >= 11 is 0. The fraction of sp³-hybridized carbons (Fsp3) is 0.947. The van der Waals surface area contributed by atoms with Crippen LogP contribution >= 0.6 is 0 Å². The molecule has 0 saturated carbocycles. The molecule has 0 rings (SSSR count). The van der Waals surface area contributed by atoms with Crippen molar-refractivity contribution in [1.29, 1.82) is 0 Å². The Labute approximate surface area is 178 Å². The molecule has 0 atom stereocenters. The number of nitrogens with one attached hydrogen (secondary N) is 3. The molecule has 0 aliphatic rings. The number of aliphatic imine (C=N–C) groups is 1. The molecule has 0 bridgehead atoms. The SMILES string of the molecule is NCCNCCNCCC=NCCN(CCN)CCNCCN(CCN)CCN. The highest BCUT2D eigenvalue weighted by molar-refractivity contribution is 5.57. The van der Waals surface area contributed by atoms with E-state index in [4.69, 9.17) is 22.9 Å². The van der Waals surface area contributed by atoms with E-state index >= 15 is 0 Å². The van der Waals surface area contributed by atoms with Crippen molar-refractivity contribution in [3.63, 3.8) is 0 Å². The van der Waals surface area contributed by atoms with Crippen LogP contribution < -0.4 is 38.9 Å². The lowest BCUT2D eigenvalue weighted by Gasteiger charge is -2.23. The second-order valence-electron chi connectivity index (χ2n) is 6.97. The predicted molar refractivity (Wildman–Crippen MR) is 126 cm³/mol. The highest BCUT2D eigenvalue weighted by atomic mass is 15.2. The van der Waals surface area contributed by atoms with Crippen LogP contribution in [0.2, 0.25) is 0 Å². The fourth-order valence-electron chi connectivity index (χ4n) is 2.90. The molecule has 0 aromatic carbocycles. The molecule has 0 fully saturated rings. The Morgan fingerprint density at radius 1 is 0.552 bits per heavy atom. The highest BCUT2D eigenvalue weighted by Gasteiger charge is 2.04. The maximum Gasteiger partial charge on any atom is 0.0512 e. The summed E-state index contributed by atoms with van der Waals surface area (Å²) in [4.78, 5) is 9.18. The number of rotatable bonds is 23. The van der Waals surface area contributed by atoms with Gasteiger partial charge in [-0.1, -0.05) is 0 Å². The van der Waals surface area contributed by atoms with Crippen molar-refractivity contribution < 1.29 is 0 Å². The van der Waals surface area contributed by atoms with Crippen LogP contribution in [-0.4, -0.2) is 127 Å². The Kier molecular flexibility index (Phi) is 23.0. The van der Waals surface area contributed by atoms with Crippen LogP contribution in [0.25, 0.3) is 0 Å². The summed E-state index contributed by atoms with van der Waals surface area (Å²) in [6.07, 6.45) is 2.97. The van der Waals surface area contributed by atoms with Gasteiger partial charge >= 0.3 is 0 Å². The fourth-order valence-corrected chi connectivity index (χ4v) is 2.90. The lowest BCUT2D eigenvalue weighted by Crippen LogP contribution is -2.41. The van der Waals surface area contributed by atoms with Crippen molar-refractivity contribution in [2.24, 2.45) is 27.9 Å². The van der Waals surface area contributed by atoms with Gasteiger partial charge in [0.1, 0.15) is 0 Å². The summed E-state index contributed by atoms with van der Waals surface area (Å²) in [6, 6.07) is 0. The summed E-state index contributed by atoms with van der Waals surface area (Å²) in [7, 11) is 0. The van der Waals surface area contributed by atoms with Gasteiger partial charge in [0.25, 0.3) is 0 Å². The number of nitrogens with zero attached hydrogens (tertiary/aromatic N) is 3. The lowest BCUT2D eigenvalue weighted by molar-refractivity contribution is 0.270. The van der Waals surface area contributed by atoms with Crippen molar-refractivity contribution in [2.45, 2.75) is 6.42 Å². The summed E-state index contributed by atoms with van der Waals surface area (Å²) in [5, 5.41) is 10.1. The second-order valence-corrected chi connectivity index (χ2v) is 6.97. The average molecular weight is 417 g/mol.